The highest BCUT2D eigenvalue weighted by atomic mass is 32.2. The van der Waals surface area contributed by atoms with Crippen LogP contribution in [0.2, 0.25) is 0 Å². The third-order valence-electron chi connectivity index (χ3n) is 4.50. The third-order valence-corrected chi connectivity index (χ3v) is 6.35. The average molecular weight is 390 g/mol. The predicted octanol–water partition coefficient (Wildman–Crippen LogP) is 3.53. The molecule has 3 heterocycles. The molecule has 0 spiro atoms. The second-order valence-corrected chi connectivity index (χ2v) is 8.11. The first-order valence-corrected chi connectivity index (χ1v) is 10.0. The molecule has 0 saturated heterocycles. The molecule has 138 valence electrons. The number of aromatic nitrogens is 3. The van der Waals surface area contributed by atoms with E-state index in [4.69, 9.17) is 4.74 Å². The molecule has 5 rings (SSSR count). The summed E-state index contributed by atoms with van der Waals surface area (Å²) in [6, 6.07) is 18.0. The highest BCUT2D eigenvalue weighted by molar-refractivity contribution is 7.93. The van der Waals surface area contributed by atoms with E-state index in [-0.39, 0.29) is 18.4 Å². The molecule has 0 aliphatic carbocycles. The van der Waals surface area contributed by atoms with Crippen LogP contribution in [0, 0.1) is 0 Å². The maximum atomic E-state index is 12.8. The van der Waals surface area contributed by atoms with Crippen molar-refractivity contribution in [2.24, 2.45) is 0 Å². The molecule has 0 unspecified atom stereocenters. The van der Waals surface area contributed by atoms with Crippen LogP contribution in [0.3, 0.4) is 0 Å². The van der Waals surface area contributed by atoms with Gasteiger partial charge >= 0.3 is 6.01 Å². The maximum absolute atomic E-state index is 12.8. The van der Waals surface area contributed by atoms with Gasteiger partial charge in [0.2, 0.25) is 0 Å². The lowest BCUT2D eigenvalue weighted by Gasteiger charge is -2.16. The first kappa shape index (κ1) is 16.6. The van der Waals surface area contributed by atoms with E-state index in [1.165, 1.54) is 10.5 Å². The van der Waals surface area contributed by atoms with Gasteiger partial charge in [0.15, 0.2) is 0 Å². The van der Waals surface area contributed by atoms with Crippen LogP contribution in [0.5, 0.6) is 11.8 Å². The highest BCUT2D eigenvalue weighted by Gasteiger charge is 2.35. The fourth-order valence-corrected chi connectivity index (χ4v) is 4.79. The minimum atomic E-state index is -3.64. The number of ether oxygens (including phenoxy) is 1. The molecule has 0 atom stereocenters. The van der Waals surface area contributed by atoms with Crippen LogP contribution in [0.25, 0.3) is 10.9 Å². The Morgan fingerprint density at radius 2 is 1.79 bits per heavy atom. The number of pyridine rings is 1. The highest BCUT2D eigenvalue weighted by Crippen LogP contribution is 2.34. The average Bonchev–Trinajstić information content (AvgIpc) is 2.99. The first-order chi connectivity index (χ1) is 13.6. The van der Waals surface area contributed by atoms with Gasteiger partial charge < -0.3 is 4.74 Å². The van der Waals surface area contributed by atoms with Crippen molar-refractivity contribution in [2.45, 2.75) is 11.4 Å². The first-order valence-electron chi connectivity index (χ1n) is 8.58. The van der Waals surface area contributed by atoms with Gasteiger partial charge in [0.05, 0.1) is 23.2 Å². The SMILES string of the molecule is O=S1(=O)c2ccccc2CN1c1ccnc(Oc2cnc3ccccc3c2)n1. The van der Waals surface area contributed by atoms with Crippen LogP contribution < -0.4 is 9.04 Å². The van der Waals surface area contributed by atoms with Crippen molar-refractivity contribution >= 4 is 26.7 Å². The van der Waals surface area contributed by atoms with Crippen LogP contribution in [0.4, 0.5) is 5.82 Å². The topological polar surface area (TPSA) is 85.3 Å². The van der Waals surface area contributed by atoms with E-state index in [9.17, 15) is 8.42 Å². The summed E-state index contributed by atoms with van der Waals surface area (Å²) in [5.41, 5.74) is 1.59. The lowest BCUT2D eigenvalue weighted by molar-refractivity contribution is 0.441. The summed E-state index contributed by atoms with van der Waals surface area (Å²) < 4.78 is 32.6. The van der Waals surface area contributed by atoms with Crippen molar-refractivity contribution in [3.8, 4) is 11.8 Å². The van der Waals surface area contributed by atoms with Crippen molar-refractivity contribution in [1.29, 1.82) is 0 Å². The van der Waals surface area contributed by atoms with Gasteiger partial charge in [-0.1, -0.05) is 36.4 Å². The van der Waals surface area contributed by atoms with Crippen molar-refractivity contribution in [3.05, 3.63) is 78.6 Å². The zero-order chi connectivity index (χ0) is 19.1. The molecule has 1 aliphatic rings. The molecule has 2 aromatic heterocycles. The molecular weight excluding hydrogens is 376 g/mol. The monoisotopic (exact) mass is 390 g/mol. The molecule has 0 bridgehead atoms. The van der Waals surface area contributed by atoms with Gasteiger partial charge in [-0.05, 0) is 23.8 Å². The molecule has 4 aromatic rings. The van der Waals surface area contributed by atoms with Crippen molar-refractivity contribution in [2.75, 3.05) is 4.31 Å². The number of para-hydroxylation sites is 1. The molecule has 7 nitrogen and oxygen atoms in total. The Hall–Kier alpha value is -3.52. The van der Waals surface area contributed by atoms with Gasteiger partial charge in [0.25, 0.3) is 10.0 Å². The number of anilines is 1. The summed E-state index contributed by atoms with van der Waals surface area (Å²) in [4.78, 5) is 13.0. The summed E-state index contributed by atoms with van der Waals surface area (Å²) in [5.74, 6) is 0.735. The number of hydrogen-bond donors (Lipinski definition) is 0. The Morgan fingerprint density at radius 1 is 0.964 bits per heavy atom. The van der Waals surface area contributed by atoms with Gasteiger partial charge in [-0.3, -0.25) is 4.98 Å². The Kier molecular flexibility index (Phi) is 3.73. The summed E-state index contributed by atoms with van der Waals surface area (Å²) >= 11 is 0. The van der Waals surface area contributed by atoms with Gasteiger partial charge in [-0.15, -0.1) is 0 Å². The van der Waals surface area contributed by atoms with Crippen LogP contribution >= 0.6 is 0 Å². The van der Waals surface area contributed by atoms with Crippen LogP contribution in [0.15, 0.2) is 78.0 Å². The minimum Gasteiger partial charge on any atom is -0.423 e. The predicted molar refractivity (Wildman–Crippen MR) is 104 cm³/mol. The Bertz CT molecular complexity index is 1310. The lowest BCUT2D eigenvalue weighted by atomic mass is 10.2. The smallest absolute Gasteiger partial charge is 0.323 e. The van der Waals surface area contributed by atoms with Gasteiger partial charge in [0.1, 0.15) is 11.6 Å². The number of sulfonamides is 1. The largest absolute Gasteiger partial charge is 0.423 e. The van der Waals surface area contributed by atoms with E-state index in [0.29, 0.717) is 10.6 Å². The fraction of sp³-hybridized carbons (Fsp3) is 0.0500. The Labute approximate surface area is 161 Å². The number of nitrogens with zero attached hydrogens (tertiary/aromatic N) is 4. The van der Waals surface area contributed by atoms with E-state index in [0.717, 1.165) is 16.5 Å². The molecule has 2 aromatic carbocycles. The lowest BCUT2D eigenvalue weighted by Crippen LogP contribution is -2.24. The van der Waals surface area contributed by atoms with Gasteiger partial charge in [-0.25, -0.2) is 17.7 Å². The molecule has 0 radical (unpaired) electrons. The number of rotatable bonds is 3. The second-order valence-electron chi connectivity index (χ2n) is 6.28. The maximum Gasteiger partial charge on any atom is 0.323 e. The zero-order valence-electron chi connectivity index (χ0n) is 14.6. The number of benzene rings is 2. The van der Waals surface area contributed by atoms with Gasteiger partial charge in [-0.2, -0.15) is 4.98 Å². The summed E-state index contributed by atoms with van der Waals surface area (Å²) in [5, 5.41) is 0.925. The van der Waals surface area contributed by atoms with Gasteiger partial charge in [0, 0.05) is 17.6 Å². The Morgan fingerprint density at radius 3 is 2.68 bits per heavy atom. The Balaban J connectivity index is 1.47. The molecule has 0 fully saturated rings. The summed E-state index contributed by atoms with van der Waals surface area (Å²) in [6.07, 6.45) is 3.06. The van der Waals surface area contributed by atoms with Crippen molar-refractivity contribution in [1.82, 2.24) is 15.0 Å². The molecule has 0 saturated carbocycles. The van der Waals surface area contributed by atoms with E-state index in [1.54, 1.807) is 30.5 Å². The summed E-state index contributed by atoms with van der Waals surface area (Å²) in [7, 11) is -3.64. The van der Waals surface area contributed by atoms with E-state index in [2.05, 4.69) is 15.0 Å². The zero-order valence-corrected chi connectivity index (χ0v) is 15.4. The number of fused-ring (bicyclic) bond motifs is 2. The van der Waals surface area contributed by atoms with E-state index < -0.39 is 10.0 Å². The molecule has 1 aliphatic heterocycles. The number of hydrogen-bond acceptors (Lipinski definition) is 6. The minimum absolute atomic E-state index is 0.0562. The summed E-state index contributed by atoms with van der Waals surface area (Å²) in [6.45, 7) is 0.229. The van der Waals surface area contributed by atoms with E-state index in [1.807, 2.05) is 36.4 Å². The molecule has 28 heavy (non-hydrogen) atoms. The van der Waals surface area contributed by atoms with Crippen LogP contribution in [0.1, 0.15) is 5.56 Å². The van der Waals surface area contributed by atoms with E-state index >= 15 is 0 Å². The van der Waals surface area contributed by atoms with Crippen molar-refractivity contribution < 1.29 is 13.2 Å². The van der Waals surface area contributed by atoms with Crippen LogP contribution in [-0.4, -0.2) is 23.4 Å². The van der Waals surface area contributed by atoms with Crippen LogP contribution in [-0.2, 0) is 16.6 Å². The standard InChI is InChI=1S/C20H14N4O3S/c25-28(26)18-8-4-2-6-15(18)13-24(28)19-9-10-21-20(23-19)27-16-11-14-5-1-3-7-17(14)22-12-16/h1-12H,13H2. The second kappa shape index (κ2) is 6.28. The molecule has 0 N–H and O–H groups in total. The quantitative estimate of drug-likeness (QED) is 0.532. The van der Waals surface area contributed by atoms with Crippen molar-refractivity contribution in [3.63, 3.8) is 0 Å². The molecule has 8 heteroatoms. The fourth-order valence-electron chi connectivity index (χ4n) is 3.18. The third kappa shape index (κ3) is 2.74. The molecule has 0 amide bonds. The molecular formula is C20H14N4O3S. The normalized spacial score (nSPS) is 14.8.